The number of amides is 2. The van der Waals surface area contributed by atoms with Gasteiger partial charge in [-0.25, -0.2) is 5.43 Å². The number of hydrazone groups is 1. The van der Waals surface area contributed by atoms with Crippen molar-refractivity contribution >= 4 is 46.4 Å². The minimum absolute atomic E-state index is 0.237. The number of nitrogens with zero attached hydrogens (tertiary/aromatic N) is 2. The third-order valence-electron chi connectivity index (χ3n) is 5.44. The van der Waals surface area contributed by atoms with Gasteiger partial charge in [-0.2, -0.15) is 5.10 Å². The monoisotopic (exact) mass is 469 g/mol. The molecule has 0 unspecified atom stereocenters. The Morgan fingerprint density at radius 2 is 1.84 bits per heavy atom. The van der Waals surface area contributed by atoms with Crippen LogP contribution in [-0.2, 0) is 6.42 Å². The molecule has 0 fully saturated rings. The van der Waals surface area contributed by atoms with Gasteiger partial charge >= 0.3 is 0 Å². The maximum atomic E-state index is 13.1. The highest BCUT2D eigenvalue weighted by atomic mass is 35.5. The molecule has 164 valence electrons. The Morgan fingerprint density at radius 1 is 1.09 bits per heavy atom. The van der Waals surface area contributed by atoms with Crippen molar-refractivity contribution in [3.05, 3.63) is 86.8 Å². The van der Waals surface area contributed by atoms with Crippen molar-refractivity contribution in [1.82, 2.24) is 5.43 Å². The minimum Gasteiger partial charge on any atom is -0.455 e. The Morgan fingerprint density at radius 3 is 2.56 bits per heavy atom. The summed E-state index contributed by atoms with van der Waals surface area (Å²) in [5, 5.41) is 5.03. The van der Waals surface area contributed by atoms with E-state index in [9.17, 15) is 9.59 Å². The number of fused-ring (bicyclic) bond motifs is 1. The van der Waals surface area contributed by atoms with Crippen LogP contribution in [0.3, 0.4) is 0 Å². The van der Waals surface area contributed by atoms with E-state index >= 15 is 0 Å². The van der Waals surface area contributed by atoms with Gasteiger partial charge in [-0.1, -0.05) is 41.4 Å². The molecule has 8 heteroatoms. The van der Waals surface area contributed by atoms with Crippen LogP contribution in [0.15, 0.2) is 58.0 Å². The largest absolute Gasteiger partial charge is 0.455 e. The second-order valence-corrected chi connectivity index (χ2v) is 8.37. The van der Waals surface area contributed by atoms with Crippen LogP contribution < -0.4 is 10.3 Å². The molecule has 2 aromatic carbocycles. The van der Waals surface area contributed by atoms with E-state index in [1.165, 1.54) is 6.07 Å². The quantitative estimate of drug-likeness (QED) is 0.502. The van der Waals surface area contributed by atoms with Gasteiger partial charge in [-0.05, 0) is 50.1 Å². The van der Waals surface area contributed by atoms with Crippen molar-refractivity contribution in [1.29, 1.82) is 0 Å². The number of para-hydroxylation sites is 1. The Balaban J connectivity index is 1.60. The van der Waals surface area contributed by atoms with E-state index in [1.54, 1.807) is 24.1 Å². The van der Waals surface area contributed by atoms with Gasteiger partial charge in [0, 0.05) is 35.3 Å². The van der Waals surface area contributed by atoms with Gasteiger partial charge in [0.1, 0.15) is 5.76 Å². The predicted molar refractivity (Wildman–Crippen MR) is 126 cm³/mol. The number of nitrogens with one attached hydrogen (secondary N) is 1. The van der Waals surface area contributed by atoms with E-state index in [4.69, 9.17) is 27.6 Å². The topological polar surface area (TPSA) is 74.9 Å². The van der Waals surface area contributed by atoms with E-state index in [0.717, 1.165) is 17.7 Å². The lowest BCUT2D eigenvalue weighted by Crippen LogP contribution is -2.26. The molecule has 0 spiro atoms. The van der Waals surface area contributed by atoms with Crippen LogP contribution in [0.5, 0.6) is 0 Å². The molecule has 0 aliphatic heterocycles. The molecule has 1 aromatic heterocycles. The summed E-state index contributed by atoms with van der Waals surface area (Å²) in [5.41, 5.74) is 5.79. The first-order chi connectivity index (χ1) is 15.4. The molecule has 1 aliphatic rings. The third kappa shape index (κ3) is 4.29. The molecule has 0 saturated carbocycles. The Hall–Kier alpha value is -3.09. The van der Waals surface area contributed by atoms with Crippen molar-refractivity contribution in [3.63, 3.8) is 0 Å². The molecule has 1 aliphatic carbocycles. The molecule has 0 bridgehead atoms. The summed E-state index contributed by atoms with van der Waals surface area (Å²) in [7, 11) is 1.71. The maximum Gasteiger partial charge on any atom is 0.294 e. The normalized spacial score (nSPS) is 14.2. The number of hydrogen-bond acceptors (Lipinski definition) is 4. The lowest BCUT2D eigenvalue weighted by molar-refractivity contribution is 0.0951. The lowest BCUT2D eigenvalue weighted by Gasteiger charge is -2.16. The Labute approximate surface area is 195 Å². The molecule has 0 radical (unpaired) electrons. The number of carbonyl (C=O) groups is 2. The van der Waals surface area contributed by atoms with Gasteiger partial charge in [-0.15, -0.1) is 0 Å². The van der Waals surface area contributed by atoms with Crippen LogP contribution in [0.25, 0.3) is 0 Å². The number of benzene rings is 2. The first kappa shape index (κ1) is 22.1. The van der Waals surface area contributed by atoms with Crippen molar-refractivity contribution < 1.29 is 14.0 Å². The Kier molecular flexibility index (Phi) is 6.35. The second-order valence-electron chi connectivity index (χ2n) is 7.53. The standard InChI is InChI=1S/C24H21Cl2N3O3/c1-14-21-19(27-28-23(30)17-12-11-15(25)13-18(17)26)9-6-10-20(21)32-22(14)24(31)29(2)16-7-4-3-5-8-16/h3-5,7-8,11-13H,6,9-10H2,1-2H3,(H,28,30)/b27-19+. The van der Waals surface area contributed by atoms with Crippen LogP contribution in [0.2, 0.25) is 10.0 Å². The molecule has 0 atom stereocenters. The molecule has 2 amide bonds. The number of rotatable bonds is 4. The highest BCUT2D eigenvalue weighted by Crippen LogP contribution is 2.31. The number of aryl methyl sites for hydroxylation is 1. The second kappa shape index (κ2) is 9.18. The number of hydrogen-bond donors (Lipinski definition) is 1. The molecular formula is C24H21Cl2N3O3. The minimum atomic E-state index is -0.437. The number of carbonyl (C=O) groups excluding carboxylic acids is 2. The zero-order valence-electron chi connectivity index (χ0n) is 17.6. The number of furan rings is 1. The summed E-state index contributed by atoms with van der Waals surface area (Å²) < 4.78 is 5.97. The summed E-state index contributed by atoms with van der Waals surface area (Å²) in [6.45, 7) is 1.84. The summed E-state index contributed by atoms with van der Waals surface area (Å²) in [6, 6.07) is 14.0. The molecule has 1 heterocycles. The molecule has 6 nitrogen and oxygen atoms in total. The first-order valence-corrected chi connectivity index (χ1v) is 10.9. The SMILES string of the molecule is Cc1c(C(=O)N(C)c2ccccc2)oc2c1/C(=N/NC(=O)c1ccc(Cl)cc1Cl)CCC2. The summed E-state index contributed by atoms with van der Waals surface area (Å²) >= 11 is 12.0. The van der Waals surface area contributed by atoms with Crippen molar-refractivity contribution in [2.75, 3.05) is 11.9 Å². The van der Waals surface area contributed by atoms with Gasteiger partial charge in [0.05, 0.1) is 16.3 Å². The van der Waals surface area contributed by atoms with Crippen molar-refractivity contribution in [2.45, 2.75) is 26.2 Å². The van der Waals surface area contributed by atoms with Gasteiger partial charge in [0.15, 0.2) is 5.76 Å². The van der Waals surface area contributed by atoms with E-state index in [2.05, 4.69) is 10.5 Å². The fraction of sp³-hybridized carbons (Fsp3) is 0.208. The number of anilines is 1. The van der Waals surface area contributed by atoms with Gasteiger partial charge in [0.2, 0.25) is 0 Å². The van der Waals surface area contributed by atoms with Crippen molar-refractivity contribution in [2.24, 2.45) is 5.10 Å². The molecule has 0 saturated heterocycles. The summed E-state index contributed by atoms with van der Waals surface area (Å²) in [5.74, 6) is 0.311. The fourth-order valence-corrected chi connectivity index (χ4v) is 4.25. The zero-order chi connectivity index (χ0) is 22.8. The van der Waals surface area contributed by atoms with Crippen LogP contribution >= 0.6 is 23.2 Å². The van der Waals surface area contributed by atoms with Gasteiger partial charge < -0.3 is 9.32 Å². The lowest BCUT2D eigenvalue weighted by atomic mass is 9.93. The van der Waals surface area contributed by atoms with E-state index in [0.29, 0.717) is 34.9 Å². The first-order valence-electron chi connectivity index (χ1n) is 10.1. The van der Waals surface area contributed by atoms with Crippen LogP contribution in [0.1, 0.15) is 50.6 Å². The number of halogens is 2. The van der Waals surface area contributed by atoms with Gasteiger partial charge in [-0.3, -0.25) is 9.59 Å². The van der Waals surface area contributed by atoms with Crippen LogP contribution in [0.4, 0.5) is 5.69 Å². The Bertz CT molecular complexity index is 1220. The summed E-state index contributed by atoms with van der Waals surface area (Å²) in [6.07, 6.45) is 2.16. The summed E-state index contributed by atoms with van der Waals surface area (Å²) in [4.78, 5) is 27.2. The van der Waals surface area contributed by atoms with E-state index in [-0.39, 0.29) is 22.3 Å². The maximum absolute atomic E-state index is 13.1. The average molecular weight is 470 g/mol. The van der Waals surface area contributed by atoms with Crippen molar-refractivity contribution in [3.8, 4) is 0 Å². The highest BCUT2D eigenvalue weighted by molar-refractivity contribution is 6.36. The van der Waals surface area contributed by atoms with E-state index < -0.39 is 5.91 Å². The van der Waals surface area contributed by atoms with Gasteiger partial charge in [0.25, 0.3) is 11.8 Å². The highest BCUT2D eigenvalue weighted by Gasteiger charge is 2.29. The smallest absolute Gasteiger partial charge is 0.294 e. The molecule has 4 rings (SSSR count). The van der Waals surface area contributed by atoms with Crippen LogP contribution in [-0.4, -0.2) is 24.6 Å². The molecular weight excluding hydrogens is 449 g/mol. The third-order valence-corrected chi connectivity index (χ3v) is 5.98. The molecule has 1 N–H and O–H groups in total. The average Bonchev–Trinajstić information content (AvgIpc) is 3.14. The molecule has 32 heavy (non-hydrogen) atoms. The van der Waals surface area contributed by atoms with E-state index in [1.807, 2.05) is 37.3 Å². The molecule has 3 aromatic rings. The fourth-order valence-electron chi connectivity index (χ4n) is 3.76. The van der Waals surface area contributed by atoms with Crippen LogP contribution in [0, 0.1) is 6.92 Å². The zero-order valence-corrected chi connectivity index (χ0v) is 19.1. The predicted octanol–water partition coefficient (Wildman–Crippen LogP) is 5.64.